The van der Waals surface area contributed by atoms with Crippen LogP contribution in [0, 0.1) is 0 Å². The van der Waals surface area contributed by atoms with Gasteiger partial charge in [0.05, 0.1) is 11.9 Å². The van der Waals surface area contributed by atoms with E-state index in [2.05, 4.69) is 21.2 Å². The van der Waals surface area contributed by atoms with Crippen LogP contribution in [0.5, 0.6) is 0 Å². The molecule has 0 saturated carbocycles. The van der Waals surface area contributed by atoms with Crippen LogP contribution in [0.1, 0.15) is 20.3 Å². The van der Waals surface area contributed by atoms with Crippen molar-refractivity contribution in [3.63, 3.8) is 0 Å². The first kappa shape index (κ1) is 17.0. The summed E-state index contributed by atoms with van der Waals surface area (Å²) < 4.78 is 25.5. The van der Waals surface area contributed by atoms with Crippen LogP contribution >= 0.6 is 15.9 Å². The lowest BCUT2D eigenvalue weighted by atomic mass is 10.2. The molecule has 0 aromatic heterocycles. The largest absolute Gasteiger partial charge is 0.352 e. The van der Waals surface area contributed by atoms with Crippen molar-refractivity contribution in [2.45, 2.75) is 26.3 Å². The highest BCUT2D eigenvalue weighted by atomic mass is 79.9. The van der Waals surface area contributed by atoms with Crippen LogP contribution in [0.3, 0.4) is 0 Å². The summed E-state index contributed by atoms with van der Waals surface area (Å²) in [5.74, 6) is -0.319. The molecule has 7 heteroatoms. The van der Waals surface area contributed by atoms with Gasteiger partial charge in [0.2, 0.25) is 15.9 Å². The van der Waals surface area contributed by atoms with Crippen LogP contribution in [-0.4, -0.2) is 33.2 Å². The third-order valence-electron chi connectivity index (χ3n) is 2.83. The molecule has 0 spiro atoms. The zero-order chi connectivity index (χ0) is 15.3. The number of sulfonamides is 1. The molecule has 112 valence electrons. The van der Waals surface area contributed by atoms with E-state index in [-0.39, 0.29) is 18.5 Å². The second-order valence-corrected chi connectivity index (χ2v) is 7.36. The van der Waals surface area contributed by atoms with Gasteiger partial charge in [-0.15, -0.1) is 0 Å². The van der Waals surface area contributed by atoms with Gasteiger partial charge in [-0.2, -0.15) is 0 Å². The first-order valence-electron chi connectivity index (χ1n) is 6.27. The fourth-order valence-corrected chi connectivity index (χ4v) is 3.07. The maximum atomic E-state index is 11.9. The van der Waals surface area contributed by atoms with E-state index in [1.165, 1.54) is 0 Å². The Morgan fingerprint density at radius 1 is 1.40 bits per heavy atom. The molecular weight excluding hydrogens is 344 g/mol. The fraction of sp³-hybridized carbons (Fsp3) is 0.462. The number of carbonyl (C=O) groups excluding carboxylic acids is 1. The summed E-state index contributed by atoms with van der Waals surface area (Å²) in [7, 11) is -3.54. The number of hydrogen-bond acceptors (Lipinski definition) is 3. The van der Waals surface area contributed by atoms with Crippen molar-refractivity contribution >= 4 is 37.5 Å². The maximum absolute atomic E-state index is 11.9. The topological polar surface area (TPSA) is 66.5 Å². The molecule has 1 atom stereocenters. The quantitative estimate of drug-likeness (QED) is 0.842. The van der Waals surface area contributed by atoms with Gasteiger partial charge in [-0.25, -0.2) is 8.42 Å². The predicted molar refractivity (Wildman–Crippen MR) is 84.2 cm³/mol. The molecule has 0 fully saturated rings. The minimum atomic E-state index is -3.54. The normalized spacial score (nSPS) is 12.8. The second kappa shape index (κ2) is 7.08. The molecule has 0 aliphatic heterocycles. The number of nitrogens with one attached hydrogen (secondary N) is 1. The van der Waals surface area contributed by atoms with Crippen molar-refractivity contribution in [1.29, 1.82) is 0 Å². The molecule has 1 aromatic rings. The monoisotopic (exact) mass is 362 g/mol. The van der Waals surface area contributed by atoms with E-state index in [4.69, 9.17) is 0 Å². The Morgan fingerprint density at radius 2 is 2.00 bits per heavy atom. The fourth-order valence-electron chi connectivity index (χ4n) is 1.59. The molecule has 1 amide bonds. The van der Waals surface area contributed by atoms with Crippen molar-refractivity contribution in [2.24, 2.45) is 0 Å². The van der Waals surface area contributed by atoms with Crippen molar-refractivity contribution in [2.75, 3.05) is 17.1 Å². The molecule has 5 nitrogen and oxygen atoms in total. The smallest absolute Gasteiger partial charge is 0.240 e. The number of amides is 1. The lowest BCUT2D eigenvalue weighted by molar-refractivity contribution is -0.120. The van der Waals surface area contributed by atoms with Gasteiger partial charge in [0, 0.05) is 10.5 Å². The standard InChI is InChI=1S/C13H19BrN2O3S/c1-4-10(2)15-13(17)9-16(20(3,18)19)12-8-6-5-7-11(12)14/h5-8,10H,4,9H2,1-3H3,(H,15,17)/t10-/m0/s1. The number of rotatable bonds is 6. The molecule has 20 heavy (non-hydrogen) atoms. The summed E-state index contributed by atoms with van der Waals surface area (Å²) in [5.41, 5.74) is 0.453. The molecular formula is C13H19BrN2O3S. The molecule has 0 unspecified atom stereocenters. The SMILES string of the molecule is CC[C@H](C)NC(=O)CN(c1ccccc1Br)S(C)(=O)=O. The summed E-state index contributed by atoms with van der Waals surface area (Å²) in [5, 5.41) is 2.76. The Labute approximate surface area is 128 Å². The molecule has 0 saturated heterocycles. The summed E-state index contributed by atoms with van der Waals surface area (Å²) in [4.78, 5) is 11.9. The number of benzene rings is 1. The van der Waals surface area contributed by atoms with Gasteiger partial charge in [0.15, 0.2) is 0 Å². The molecule has 1 aromatic carbocycles. The Hall–Kier alpha value is -1.08. The zero-order valence-corrected chi connectivity index (χ0v) is 14.2. The van der Waals surface area contributed by atoms with Crippen LogP contribution in [0.4, 0.5) is 5.69 Å². The number of para-hydroxylation sites is 1. The number of nitrogens with zero attached hydrogens (tertiary/aromatic N) is 1. The number of anilines is 1. The molecule has 0 aliphatic rings. The molecule has 0 bridgehead atoms. The minimum absolute atomic E-state index is 0.0168. The van der Waals surface area contributed by atoms with E-state index in [1.54, 1.807) is 24.3 Å². The summed E-state index contributed by atoms with van der Waals surface area (Å²) >= 11 is 3.31. The Kier molecular flexibility index (Phi) is 6.01. The first-order chi connectivity index (χ1) is 9.25. The van der Waals surface area contributed by atoms with Gasteiger partial charge in [-0.05, 0) is 41.4 Å². The number of carbonyl (C=O) groups is 1. The highest BCUT2D eigenvalue weighted by Crippen LogP contribution is 2.27. The van der Waals surface area contributed by atoms with E-state index in [0.29, 0.717) is 10.2 Å². The Balaban J connectivity index is 2.99. The van der Waals surface area contributed by atoms with E-state index in [1.807, 2.05) is 13.8 Å². The van der Waals surface area contributed by atoms with Crippen LogP contribution in [0.25, 0.3) is 0 Å². The van der Waals surface area contributed by atoms with E-state index < -0.39 is 10.0 Å². The predicted octanol–water partition coefficient (Wildman–Crippen LogP) is 2.13. The average Bonchev–Trinajstić information content (AvgIpc) is 2.35. The molecule has 0 heterocycles. The Bertz CT molecular complexity index is 575. The number of hydrogen-bond donors (Lipinski definition) is 1. The first-order valence-corrected chi connectivity index (χ1v) is 8.91. The average molecular weight is 363 g/mol. The highest BCUT2D eigenvalue weighted by Gasteiger charge is 2.22. The van der Waals surface area contributed by atoms with Gasteiger partial charge < -0.3 is 5.32 Å². The number of halogens is 1. The van der Waals surface area contributed by atoms with Gasteiger partial charge >= 0.3 is 0 Å². The van der Waals surface area contributed by atoms with Gasteiger partial charge in [0.25, 0.3) is 0 Å². The van der Waals surface area contributed by atoms with Gasteiger partial charge in [-0.1, -0.05) is 19.1 Å². The van der Waals surface area contributed by atoms with Crippen molar-refractivity contribution in [3.8, 4) is 0 Å². The van der Waals surface area contributed by atoms with E-state index >= 15 is 0 Å². The second-order valence-electron chi connectivity index (χ2n) is 4.60. The van der Waals surface area contributed by atoms with Crippen LogP contribution in [0.2, 0.25) is 0 Å². The third-order valence-corrected chi connectivity index (χ3v) is 4.63. The Morgan fingerprint density at radius 3 is 2.50 bits per heavy atom. The third kappa shape index (κ3) is 4.79. The maximum Gasteiger partial charge on any atom is 0.240 e. The van der Waals surface area contributed by atoms with Crippen LogP contribution in [0.15, 0.2) is 28.7 Å². The molecule has 0 radical (unpaired) electrons. The summed E-state index contributed by atoms with van der Waals surface area (Å²) in [6, 6.07) is 6.92. The van der Waals surface area contributed by atoms with Crippen LogP contribution in [-0.2, 0) is 14.8 Å². The minimum Gasteiger partial charge on any atom is -0.352 e. The van der Waals surface area contributed by atoms with Gasteiger partial charge in [-0.3, -0.25) is 9.10 Å². The summed E-state index contributed by atoms with van der Waals surface area (Å²) in [6.45, 7) is 3.60. The zero-order valence-electron chi connectivity index (χ0n) is 11.8. The van der Waals surface area contributed by atoms with Crippen molar-refractivity contribution < 1.29 is 13.2 Å². The van der Waals surface area contributed by atoms with Crippen LogP contribution < -0.4 is 9.62 Å². The molecule has 0 aliphatic carbocycles. The lowest BCUT2D eigenvalue weighted by Crippen LogP contribution is -2.43. The van der Waals surface area contributed by atoms with Crippen molar-refractivity contribution in [3.05, 3.63) is 28.7 Å². The van der Waals surface area contributed by atoms with Crippen molar-refractivity contribution in [1.82, 2.24) is 5.32 Å². The van der Waals surface area contributed by atoms with E-state index in [0.717, 1.165) is 17.0 Å². The molecule has 1 rings (SSSR count). The lowest BCUT2D eigenvalue weighted by Gasteiger charge is -2.23. The highest BCUT2D eigenvalue weighted by molar-refractivity contribution is 9.10. The summed E-state index contributed by atoms with van der Waals surface area (Å²) in [6.07, 6.45) is 1.88. The van der Waals surface area contributed by atoms with E-state index in [9.17, 15) is 13.2 Å². The molecule has 1 N–H and O–H groups in total. The van der Waals surface area contributed by atoms with Gasteiger partial charge in [0.1, 0.15) is 6.54 Å².